The fraction of sp³-hybridized carbons (Fsp3) is 0.386. The summed E-state index contributed by atoms with van der Waals surface area (Å²) in [7, 11) is 1.57. The minimum atomic E-state index is -0.393. The first kappa shape index (κ1) is 40.9. The fourth-order valence-electron chi connectivity index (χ4n) is 6.54. The number of aromatic nitrogens is 3. The lowest BCUT2D eigenvalue weighted by Crippen LogP contribution is -2.29. The highest BCUT2D eigenvalue weighted by molar-refractivity contribution is 5.88. The van der Waals surface area contributed by atoms with Crippen molar-refractivity contribution in [1.82, 2.24) is 19.7 Å². The van der Waals surface area contributed by atoms with Gasteiger partial charge in [-0.05, 0) is 80.1 Å². The minimum Gasteiger partial charge on any atom is -0.495 e. The molecule has 1 aliphatic rings. The van der Waals surface area contributed by atoms with E-state index in [4.69, 9.17) is 34.5 Å². The van der Waals surface area contributed by atoms with Crippen LogP contribution in [0, 0.1) is 13.8 Å². The van der Waals surface area contributed by atoms with E-state index in [1.807, 2.05) is 79.7 Å². The van der Waals surface area contributed by atoms with E-state index in [2.05, 4.69) is 31.4 Å². The largest absolute Gasteiger partial charge is 0.495 e. The Morgan fingerprint density at radius 2 is 1.75 bits per heavy atom. The predicted octanol–water partition coefficient (Wildman–Crippen LogP) is 7.41. The molecule has 13 heteroatoms. The minimum absolute atomic E-state index is 0.144. The Morgan fingerprint density at radius 1 is 0.947 bits per heavy atom. The molecule has 1 unspecified atom stereocenters. The number of hydrogen-bond acceptors (Lipinski definition) is 9. The van der Waals surface area contributed by atoms with E-state index in [-0.39, 0.29) is 30.4 Å². The van der Waals surface area contributed by atoms with E-state index in [0.717, 1.165) is 59.6 Å². The number of nitrogens with two attached hydrogens (primary N) is 1. The molecule has 3 aromatic carbocycles. The summed E-state index contributed by atoms with van der Waals surface area (Å²) in [6.07, 6.45) is 2.91. The first-order valence-corrected chi connectivity index (χ1v) is 19.3. The Morgan fingerprint density at radius 3 is 2.49 bits per heavy atom. The molecule has 302 valence electrons. The Labute approximate surface area is 334 Å². The quantitative estimate of drug-likeness (QED) is 0.0729. The zero-order valence-corrected chi connectivity index (χ0v) is 33.7. The third kappa shape index (κ3) is 10.5. The number of hydrogen-bond donors (Lipinski definition) is 3. The molecule has 0 bridgehead atoms. The van der Waals surface area contributed by atoms with Crippen LogP contribution in [-0.2, 0) is 34.6 Å². The summed E-state index contributed by atoms with van der Waals surface area (Å²) in [6.45, 7) is 12.2. The van der Waals surface area contributed by atoms with E-state index in [1.54, 1.807) is 29.3 Å². The maximum atomic E-state index is 13.5. The van der Waals surface area contributed by atoms with E-state index in [1.165, 1.54) is 0 Å². The SMILES string of the molecule is COc1ccc(Cn2c(C)cc(OCc3ccccc3CNC(=O)Nc3cc(C(C)(C)C)nn3-c3cccc(OCCOC4CCCCO4)c3)c(C)c2=O)cc1N. The molecule has 0 radical (unpaired) electrons. The summed E-state index contributed by atoms with van der Waals surface area (Å²) in [5.74, 6) is 2.27. The fourth-order valence-corrected chi connectivity index (χ4v) is 6.54. The second-order valence-electron chi connectivity index (χ2n) is 15.2. The molecule has 0 aliphatic carbocycles. The lowest BCUT2D eigenvalue weighted by atomic mass is 9.92. The van der Waals surface area contributed by atoms with Crippen molar-refractivity contribution >= 4 is 17.5 Å². The number of nitrogens with one attached hydrogen (secondary N) is 2. The molecule has 4 N–H and O–H groups in total. The van der Waals surface area contributed by atoms with Crippen LogP contribution in [0.15, 0.2) is 83.7 Å². The number of amides is 2. The Hall–Kier alpha value is -5.79. The normalized spacial score (nSPS) is 14.2. The molecular weight excluding hydrogens is 725 g/mol. The highest BCUT2D eigenvalue weighted by Gasteiger charge is 2.22. The van der Waals surface area contributed by atoms with Gasteiger partial charge in [0.05, 0.1) is 42.9 Å². The number of nitrogen functional groups attached to an aromatic ring is 1. The van der Waals surface area contributed by atoms with Crippen molar-refractivity contribution in [1.29, 1.82) is 0 Å². The van der Waals surface area contributed by atoms with Crippen molar-refractivity contribution in [3.8, 4) is 22.9 Å². The maximum absolute atomic E-state index is 13.5. The molecule has 1 aliphatic heterocycles. The molecule has 0 spiro atoms. The third-order valence-corrected chi connectivity index (χ3v) is 9.85. The van der Waals surface area contributed by atoms with E-state index in [9.17, 15) is 9.59 Å². The summed E-state index contributed by atoms with van der Waals surface area (Å²) < 4.78 is 32.4. The molecule has 1 saturated heterocycles. The van der Waals surface area contributed by atoms with Gasteiger partial charge in [0.1, 0.15) is 36.3 Å². The predicted molar refractivity (Wildman–Crippen MR) is 221 cm³/mol. The smallest absolute Gasteiger partial charge is 0.320 e. The van der Waals surface area contributed by atoms with Gasteiger partial charge in [-0.3, -0.25) is 10.1 Å². The molecule has 5 aromatic rings. The van der Waals surface area contributed by atoms with Crippen molar-refractivity contribution in [2.24, 2.45) is 0 Å². The molecule has 0 saturated carbocycles. The van der Waals surface area contributed by atoms with E-state index in [0.29, 0.717) is 54.1 Å². The number of carbonyl (C=O) groups is 1. The van der Waals surface area contributed by atoms with Crippen molar-refractivity contribution in [2.75, 3.05) is 38.0 Å². The second kappa shape index (κ2) is 18.4. The van der Waals surface area contributed by atoms with Gasteiger partial charge < -0.3 is 39.3 Å². The molecule has 13 nitrogen and oxygen atoms in total. The number of nitrogens with zero attached hydrogens (tertiary/aromatic N) is 3. The van der Waals surface area contributed by atoms with Crippen molar-refractivity contribution in [3.63, 3.8) is 0 Å². The molecular formula is C44H54N6O7. The van der Waals surface area contributed by atoms with Gasteiger partial charge in [-0.2, -0.15) is 5.10 Å². The van der Waals surface area contributed by atoms with Crippen LogP contribution in [0.25, 0.3) is 5.69 Å². The topological polar surface area (TPSA) is 153 Å². The van der Waals surface area contributed by atoms with Gasteiger partial charge in [0.2, 0.25) is 0 Å². The Balaban J connectivity index is 1.09. The summed E-state index contributed by atoms with van der Waals surface area (Å²) in [5.41, 5.74) is 11.7. The van der Waals surface area contributed by atoms with Crippen LogP contribution in [0.2, 0.25) is 0 Å². The number of methoxy groups -OCH3 is 1. The Kier molecular flexibility index (Phi) is 13.2. The number of anilines is 2. The number of aryl methyl sites for hydroxylation is 1. The van der Waals surface area contributed by atoms with Crippen LogP contribution in [0.4, 0.5) is 16.3 Å². The second-order valence-corrected chi connectivity index (χ2v) is 15.2. The van der Waals surface area contributed by atoms with Crippen LogP contribution >= 0.6 is 0 Å². The lowest BCUT2D eigenvalue weighted by molar-refractivity contribution is -0.165. The zero-order valence-electron chi connectivity index (χ0n) is 33.7. The molecule has 57 heavy (non-hydrogen) atoms. The molecule has 2 aromatic heterocycles. The highest BCUT2D eigenvalue weighted by atomic mass is 16.7. The summed E-state index contributed by atoms with van der Waals surface area (Å²) >= 11 is 0. The average Bonchev–Trinajstić information content (AvgIpc) is 3.63. The number of ether oxygens (including phenoxy) is 5. The molecule has 1 atom stereocenters. The van der Waals surface area contributed by atoms with Gasteiger partial charge in [-0.1, -0.05) is 57.2 Å². The number of urea groups is 1. The monoisotopic (exact) mass is 778 g/mol. The standard InChI is InChI=1S/C44H54N6O7/c1-29-22-38(30(2)42(51)49(29)27-31-17-18-37(53-6)36(45)23-31)57-28-33-13-8-7-12-32(33)26-46-43(52)47-40-25-39(44(3,4)5)48-50(40)34-14-11-15-35(24-34)54-20-21-56-41-16-9-10-19-55-41/h7-8,11-15,17-18,22-25,41H,9-10,16,19-21,26-28,45H2,1-6H3,(H2,46,47,52). The Bertz CT molecular complexity index is 2220. The maximum Gasteiger partial charge on any atom is 0.320 e. The van der Waals surface area contributed by atoms with E-state index < -0.39 is 6.03 Å². The van der Waals surface area contributed by atoms with Crippen LogP contribution in [0.1, 0.15) is 73.7 Å². The van der Waals surface area contributed by atoms with Crippen LogP contribution < -0.4 is 36.1 Å². The first-order valence-electron chi connectivity index (χ1n) is 19.3. The number of carbonyl (C=O) groups excluding carboxylic acids is 1. The molecule has 1 fully saturated rings. The molecule has 2 amide bonds. The average molecular weight is 779 g/mol. The number of rotatable bonds is 15. The summed E-state index contributed by atoms with van der Waals surface area (Å²) in [5, 5.41) is 10.9. The number of pyridine rings is 1. The van der Waals surface area contributed by atoms with Gasteiger partial charge in [-0.25, -0.2) is 9.48 Å². The summed E-state index contributed by atoms with van der Waals surface area (Å²) in [4.78, 5) is 26.9. The van der Waals surface area contributed by atoms with Crippen LogP contribution in [0.3, 0.4) is 0 Å². The van der Waals surface area contributed by atoms with E-state index >= 15 is 0 Å². The van der Waals surface area contributed by atoms with Gasteiger partial charge >= 0.3 is 6.03 Å². The van der Waals surface area contributed by atoms with Crippen LogP contribution in [0.5, 0.6) is 17.2 Å². The molecule has 6 rings (SSSR count). The van der Waals surface area contributed by atoms with Crippen molar-refractivity contribution in [2.45, 2.75) is 85.3 Å². The van der Waals surface area contributed by atoms with Gasteiger partial charge in [0.15, 0.2) is 6.29 Å². The van der Waals surface area contributed by atoms with Gasteiger partial charge in [-0.15, -0.1) is 0 Å². The number of benzene rings is 3. The van der Waals surface area contributed by atoms with Crippen molar-refractivity contribution < 1.29 is 28.5 Å². The van der Waals surface area contributed by atoms with Crippen LogP contribution in [-0.4, -0.2) is 53.6 Å². The first-order chi connectivity index (χ1) is 27.4. The third-order valence-electron chi connectivity index (χ3n) is 9.85. The zero-order chi connectivity index (χ0) is 40.5. The molecule has 3 heterocycles. The summed E-state index contributed by atoms with van der Waals surface area (Å²) in [6, 6.07) is 24.2. The van der Waals surface area contributed by atoms with Gasteiger partial charge in [0.25, 0.3) is 5.56 Å². The lowest BCUT2D eigenvalue weighted by Gasteiger charge is -2.22. The van der Waals surface area contributed by atoms with Gasteiger partial charge in [0, 0.05) is 36.4 Å². The van der Waals surface area contributed by atoms with Crippen molar-refractivity contribution in [3.05, 3.63) is 123 Å². The highest BCUT2D eigenvalue weighted by Crippen LogP contribution is 2.28.